The summed E-state index contributed by atoms with van der Waals surface area (Å²) in [7, 11) is 1.37. The van der Waals surface area contributed by atoms with Crippen molar-refractivity contribution in [3.8, 4) is 5.75 Å². The zero-order valence-electron chi connectivity index (χ0n) is 20.3. The van der Waals surface area contributed by atoms with Crippen molar-refractivity contribution in [1.82, 2.24) is 15.2 Å². The number of carbonyl (C=O) groups is 2. The molecule has 2 atom stereocenters. The number of hydrogen-bond acceptors (Lipinski definition) is 8. The number of hydrogen-bond donors (Lipinski definition) is 1. The van der Waals surface area contributed by atoms with Crippen LogP contribution in [0.2, 0.25) is 0 Å². The first-order valence-corrected chi connectivity index (χ1v) is 11.4. The number of piperazine rings is 1. The molecular weight excluding hydrogens is 436 g/mol. The van der Waals surface area contributed by atoms with Crippen LogP contribution in [0.25, 0.3) is 0 Å². The molecule has 9 heteroatoms. The molecule has 1 N–H and O–H groups in total. The SMILES string of the molecule is COC(=O)CCC(Oc1ccccc1)N1CCN(c2ccncc2)CC1NC(=O)OC(C)(C)C. The summed E-state index contributed by atoms with van der Waals surface area (Å²) in [5, 5.41) is 3.00. The lowest BCUT2D eigenvalue weighted by Crippen LogP contribution is -2.64. The third-order valence-corrected chi connectivity index (χ3v) is 5.34. The molecule has 0 bridgehead atoms. The predicted molar refractivity (Wildman–Crippen MR) is 128 cm³/mol. The number of benzene rings is 1. The summed E-state index contributed by atoms with van der Waals surface area (Å²) in [6, 6.07) is 13.3. The minimum Gasteiger partial charge on any atom is -0.475 e. The molecule has 184 valence electrons. The number of aromatic nitrogens is 1. The number of para-hydroxylation sites is 1. The standard InChI is InChI=1S/C25H34N4O5/c1-25(2,3)34-24(31)27-21-18-28(19-12-14-26-15-13-19)16-17-29(21)22(10-11-23(30)32-4)33-20-8-6-5-7-9-20/h5-9,12-15,21-22H,10-11,16-18H2,1-4H3,(H,27,31). The van der Waals surface area contributed by atoms with Gasteiger partial charge in [0, 0.05) is 37.6 Å². The molecule has 1 saturated heterocycles. The lowest BCUT2D eigenvalue weighted by molar-refractivity contribution is -0.142. The number of carbonyl (C=O) groups excluding carboxylic acids is 2. The lowest BCUT2D eigenvalue weighted by atomic mass is 10.1. The van der Waals surface area contributed by atoms with Crippen LogP contribution in [0.1, 0.15) is 33.6 Å². The number of pyridine rings is 1. The van der Waals surface area contributed by atoms with Gasteiger partial charge in [0.25, 0.3) is 0 Å². The van der Waals surface area contributed by atoms with E-state index in [1.54, 1.807) is 12.4 Å². The molecule has 0 saturated carbocycles. The van der Waals surface area contributed by atoms with Gasteiger partial charge in [-0.1, -0.05) is 18.2 Å². The second kappa shape index (κ2) is 11.7. The number of rotatable bonds is 8. The zero-order chi connectivity index (χ0) is 24.6. The first kappa shape index (κ1) is 25.3. The van der Waals surface area contributed by atoms with Crippen LogP contribution in [-0.2, 0) is 14.3 Å². The Morgan fingerprint density at radius 3 is 2.47 bits per heavy atom. The number of methoxy groups -OCH3 is 1. The molecule has 9 nitrogen and oxygen atoms in total. The van der Waals surface area contributed by atoms with Crippen molar-refractivity contribution in [2.75, 3.05) is 31.6 Å². The summed E-state index contributed by atoms with van der Waals surface area (Å²) in [6.07, 6.45) is 2.71. The highest BCUT2D eigenvalue weighted by Gasteiger charge is 2.35. The van der Waals surface area contributed by atoms with E-state index in [0.29, 0.717) is 31.8 Å². The number of anilines is 1. The van der Waals surface area contributed by atoms with Gasteiger partial charge in [-0.15, -0.1) is 0 Å². The number of alkyl carbamates (subject to hydrolysis) is 1. The number of ether oxygens (including phenoxy) is 3. The van der Waals surface area contributed by atoms with Gasteiger partial charge in [-0.05, 0) is 45.0 Å². The van der Waals surface area contributed by atoms with Crippen LogP contribution in [0.5, 0.6) is 5.75 Å². The molecule has 3 rings (SSSR count). The van der Waals surface area contributed by atoms with Crippen LogP contribution in [0, 0.1) is 0 Å². The summed E-state index contributed by atoms with van der Waals surface area (Å²) >= 11 is 0. The number of amides is 1. The van der Waals surface area contributed by atoms with E-state index in [1.165, 1.54) is 7.11 Å². The number of esters is 1. The predicted octanol–water partition coefficient (Wildman–Crippen LogP) is 3.41. The molecule has 2 heterocycles. The Kier molecular flexibility index (Phi) is 8.70. The maximum absolute atomic E-state index is 12.7. The summed E-state index contributed by atoms with van der Waals surface area (Å²) in [4.78, 5) is 33.0. The topological polar surface area (TPSA) is 93.2 Å². The molecular formula is C25H34N4O5. The van der Waals surface area contributed by atoms with Gasteiger partial charge in [0.2, 0.25) is 0 Å². The van der Waals surface area contributed by atoms with Gasteiger partial charge in [-0.25, -0.2) is 9.69 Å². The highest BCUT2D eigenvalue weighted by molar-refractivity contribution is 5.69. The average Bonchev–Trinajstić information content (AvgIpc) is 2.81. The summed E-state index contributed by atoms with van der Waals surface area (Å²) in [5.41, 5.74) is 0.389. The third-order valence-electron chi connectivity index (χ3n) is 5.34. The monoisotopic (exact) mass is 470 g/mol. The molecule has 1 aliphatic rings. The molecule has 1 aliphatic heterocycles. The van der Waals surface area contributed by atoms with E-state index in [0.717, 1.165) is 5.69 Å². The van der Waals surface area contributed by atoms with Gasteiger partial charge < -0.3 is 24.4 Å². The van der Waals surface area contributed by atoms with E-state index in [4.69, 9.17) is 14.2 Å². The second-order valence-electron chi connectivity index (χ2n) is 9.05. The highest BCUT2D eigenvalue weighted by atomic mass is 16.6. The Labute approximate surface area is 201 Å². The fourth-order valence-corrected chi connectivity index (χ4v) is 3.80. The normalized spacial score (nSPS) is 17.5. The van der Waals surface area contributed by atoms with Crippen molar-refractivity contribution in [2.45, 2.75) is 51.6 Å². The molecule has 2 unspecified atom stereocenters. The second-order valence-corrected chi connectivity index (χ2v) is 9.05. The molecule has 1 aromatic carbocycles. The van der Waals surface area contributed by atoms with Crippen LogP contribution in [0.3, 0.4) is 0 Å². The number of nitrogens with one attached hydrogen (secondary N) is 1. The molecule has 1 fully saturated rings. The zero-order valence-corrected chi connectivity index (χ0v) is 20.3. The average molecular weight is 471 g/mol. The highest BCUT2D eigenvalue weighted by Crippen LogP contribution is 2.24. The Morgan fingerprint density at radius 1 is 1.12 bits per heavy atom. The van der Waals surface area contributed by atoms with Crippen LogP contribution >= 0.6 is 0 Å². The van der Waals surface area contributed by atoms with Gasteiger partial charge in [-0.3, -0.25) is 9.78 Å². The number of nitrogens with zero attached hydrogens (tertiary/aromatic N) is 3. The third kappa shape index (κ3) is 7.62. The van der Waals surface area contributed by atoms with Crippen molar-refractivity contribution in [3.05, 3.63) is 54.9 Å². The van der Waals surface area contributed by atoms with Crippen molar-refractivity contribution < 1.29 is 23.8 Å². The lowest BCUT2D eigenvalue weighted by Gasteiger charge is -2.45. The first-order chi connectivity index (χ1) is 16.2. The largest absolute Gasteiger partial charge is 0.475 e. The van der Waals surface area contributed by atoms with Crippen LogP contribution in [0.4, 0.5) is 10.5 Å². The Morgan fingerprint density at radius 2 is 1.82 bits per heavy atom. The van der Waals surface area contributed by atoms with E-state index in [1.807, 2.05) is 63.2 Å². The van der Waals surface area contributed by atoms with E-state index in [2.05, 4.69) is 20.1 Å². The summed E-state index contributed by atoms with van der Waals surface area (Å²) in [6.45, 7) is 7.30. The molecule has 2 aromatic rings. The van der Waals surface area contributed by atoms with Crippen LogP contribution < -0.4 is 15.0 Å². The minimum atomic E-state index is -0.626. The van der Waals surface area contributed by atoms with Gasteiger partial charge in [-0.2, -0.15) is 0 Å². The Balaban J connectivity index is 1.83. The molecule has 0 radical (unpaired) electrons. The minimum absolute atomic E-state index is 0.192. The fraction of sp³-hybridized carbons (Fsp3) is 0.480. The van der Waals surface area contributed by atoms with Gasteiger partial charge in [0.15, 0.2) is 6.23 Å². The van der Waals surface area contributed by atoms with E-state index in [9.17, 15) is 9.59 Å². The van der Waals surface area contributed by atoms with Crippen molar-refractivity contribution in [1.29, 1.82) is 0 Å². The smallest absolute Gasteiger partial charge is 0.408 e. The van der Waals surface area contributed by atoms with E-state index >= 15 is 0 Å². The van der Waals surface area contributed by atoms with E-state index in [-0.39, 0.29) is 12.4 Å². The first-order valence-electron chi connectivity index (χ1n) is 11.4. The molecule has 1 aromatic heterocycles. The van der Waals surface area contributed by atoms with Crippen molar-refractivity contribution >= 4 is 17.7 Å². The molecule has 34 heavy (non-hydrogen) atoms. The summed E-state index contributed by atoms with van der Waals surface area (Å²) < 4.78 is 16.7. The van der Waals surface area contributed by atoms with Crippen LogP contribution in [0.15, 0.2) is 54.9 Å². The van der Waals surface area contributed by atoms with Crippen molar-refractivity contribution in [2.24, 2.45) is 0 Å². The Bertz CT molecular complexity index is 920. The maximum atomic E-state index is 12.7. The maximum Gasteiger partial charge on any atom is 0.408 e. The fourth-order valence-electron chi connectivity index (χ4n) is 3.80. The van der Waals surface area contributed by atoms with Crippen molar-refractivity contribution in [3.63, 3.8) is 0 Å². The molecule has 1 amide bonds. The van der Waals surface area contributed by atoms with Crippen LogP contribution in [-0.4, -0.2) is 66.7 Å². The van der Waals surface area contributed by atoms with Gasteiger partial charge in [0.05, 0.1) is 20.1 Å². The van der Waals surface area contributed by atoms with E-state index < -0.39 is 24.1 Å². The van der Waals surface area contributed by atoms with Gasteiger partial charge >= 0.3 is 12.1 Å². The molecule has 0 spiro atoms. The van der Waals surface area contributed by atoms with Gasteiger partial charge in [0.1, 0.15) is 17.5 Å². The Hall–Kier alpha value is -3.33. The quantitative estimate of drug-likeness (QED) is 0.587. The molecule has 0 aliphatic carbocycles. The summed E-state index contributed by atoms with van der Waals surface area (Å²) in [5.74, 6) is 0.374.